The Hall–Kier alpha value is -2.08. The number of esters is 1. The van der Waals surface area contributed by atoms with Crippen molar-refractivity contribution in [2.45, 2.75) is 44.5 Å². The van der Waals surface area contributed by atoms with Crippen LogP contribution in [-0.2, 0) is 14.2 Å². The Bertz CT molecular complexity index is 616. The minimum absolute atomic E-state index is 0.279. The highest BCUT2D eigenvalue weighted by Gasteiger charge is 2.53. The highest BCUT2D eigenvalue weighted by Crippen LogP contribution is 2.37. The summed E-state index contributed by atoms with van der Waals surface area (Å²) in [7, 11) is 0. The van der Waals surface area contributed by atoms with Gasteiger partial charge < -0.3 is 19.1 Å². The van der Waals surface area contributed by atoms with Crippen LogP contribution in [0.4, 0.5) is 4.79 Å². The summed E-state index contributed by atoms with van der Waals surface area (Å²) in [5, 5.41) is 0. The van der Waals surface area contributed by atoms with Gasteiger partial charge in [-0.1, -0.05) is 18.2 Å². The van der Waals surface area contributed by atoms with Gasteiger partial charge in [0.2, 0.25) is 0 Å². The normalized spacial score (nSPS) is 22.1. The number of nitrogens with zero attached hydrogens (tertiary/aromatic N) is 1. The molecule has 0 saturated carbocycles. The van der Waals surface area contributed by atoms with Gasteiger partial charge in [0.15, 0.2) is 0 Å². The van der Waals surface area contributed by atoms with E-state index >= 15 is 0 Å². The van der Waals surface area contributed by atoms with Gasteiger partial charge in [0.05, 0.1) is 25.3 Å². The number of likely N-dealkylation sites (tertiary alicyclic amines) is 1. The van der Waals surface area contributed by atoms with Crippen molar-refractivity contribution in [2.75, 3.05) is 19.7 Å². The molecule has 0 bridgehead atoms. The molecule has 6 heteroatoms. The van der Waals surface area contributed by atoms with Crippen LogP contribution in [0.5, 0.6) is 0 Å². The molecule has 0 N–H and O–H groups in total. The summed E-state index contributed by atoms with van der Waals surface area (Å²) < 4.78 is 16.7. The molecule has 1 unspecified atom stereocenters. The quantitative estimate of drug-likeness (QED) is 0.779. The predicted octanol–water partition coefficient (Wildman–Crippen LogP) is 2.62. The summed E-state index contributed by atoms with van der Waals surface area (Å²) in [6.45, 7) is 6.83. The highest BCUT2D eigenvalue weighted by molar-refractivity contribution is 5.89. The third-order valence-corrected chi connectivity index (χ3v) is 4.07. The first-order valence-corrected chi connectivity index (χ1v) is 8.14. The zero-order valence-corrected chi connectivity index (χ0v) is 14.3. The van der Waals surface area contributed by atoms with Crippen LogP contribution in [-0.4, -0.2) is 54.0 Å². The minimum Gasteiger partial charge on any atom is -0.456 e. The number of hydrogen-bond acceptors (Lipinski definition) is 5. The van der Waals surface area contributed by atoms with Gasteiger partial charge in [-0.05, 0) is 32.9 Å². The zero-order valence-electron chi connectivity index (χ0n) is 14.3. The van der Waals surface area contributed by atoms with E-state index in [1.54, 1.807) is 29.2 Å². The van der Waals surface area contributed by atoms with E-state index < -0.39 is 11.2 Å². The summed E-state index contributed by atoms with van der Waals surface area (Å²) >= 11 is 0. The van der Waals surface area contributed by atoms with Gasteiger partial charge in [0.25, 0.3) is 0 Å². The summed E-state index contributed by atoms with van der Waals surface area (Å²) in [5.74, 6) is -0.343. The second-order valence-corrected chi connectivity index (χ2v) is 7.43. The van der Waals surface area contributed by atoms with Gasteiger partial charge in [0, 0.05) is 6.42 Å². The van der Waals surface area contributed by atoms with Crippen molar-refractivity contribution in [3.05, 3.63) is 35.9 Å². The number of ether oxygens (including phenoxy) is 3. The van der Waals surface area contributed by atoms with Crippen LogP contribution in [0.2, 0.25) is 0 Å². The molecule has 24 heavy (non-hydrogen) atoms. The molecule has 1 aromatic carbocycles. The van der Waals surface area contributed by atoms with E-state index in [0.29, 0.717) is 31.7 Å². The summed E-state index contributed by atoms with van der Waals surface area (Å²) in [6, 6.07) is 8.90. The molecule has 1 atom stereocenters. The maximum atomic E-state index is 12.1. The molecule has 1 amide bonds. The molecule has 1 spiro atoms. The van der Waals surface area contributed by atoms with Crippen molar-refractivity contribution in [2.24, 2.45) is 0 Å². The highest BCUT2D eigenvalue weighted by atomic mass is 16.6. The fourth-order valence-electron chi connectivity index (χ4n) is 3.00. The smallest absolute Gasteiger partial charge is 0.410 e. The number of carbonyl (C=O) groups excluding carboxylic acids is 2. The Morgan fingerprint density at radius 2 is 1.88 bits per heavy atom. The molecule has 0 aromatic heterocycles. The number of rotatable bonds is 2. The van der Waals surface area contributed by atoms with Crippen molar-refractivity contribution in [3.63, 3.8) is 0 Å². The number of benzene rings is 1. The Labute approximate surface area is 141 Å². The van der Waals surface area contributed by atoms with Crippen LogP contribution >= 0.6 is 0 Å². The van der Waals surface area contributed by atoms with E-state index in [9.17, 15) is 9.59 Å². The maximum Gasteiger partial charge on any atom is 0.410 e. The molecule has 0 radical (unpaired) electrons. The number of hydrogen-bond donors (Lipinski definition) is 0. The summed E-state index contributed by atoms with van der Waals surface area (Å²) in [5.41, 5.74) is -0.384. The van der Waals surface area contributed by atoms with Gasteiger partial charge in [-0.2, -0.15) is 0 Å². The average molecular weight is 333 g/mol. The maximum absolute atomic E-state index is 12.1. The molecule has 6 nitrogen and oxygen atoms in total. The van der Waals surface area contributed by atoms with Gasteiger partial charge in [-0.3, -0.25) is 0 Å². The molecule has 0 aliphatic carbocycles. The standard InChI is InChI=1S/C18H23NO5/c1-17(2,3)24-16(21)19-11-18(12-19)9-14(10-22-18)23-15(20)13-7-5-4-6-8-13/h4-8,14H,9-12H2,1-3H3. The Morgan fingerprint density at radius 1 is 1.21 bits per heavy atom. The predicted molar refractivity (Wildman–Crippen MR) is 86.8 cm³/mol. The Kier molecular flexibility index (Phi) is 4.25. The molecular formula is C18H23NO5. The lowest BCUT2D eigenvalue weighted by Crippen LogP contribution is -2.63. The second-order valence-electron chi connectivity index (χ2n) is 7.43. The van der Waals surface area contributed by atoms with Gasteiger partial charge in [0.1, 0.15) is 17.3 Å². The molecule has 2 fully saturated rings. The third kappa shape index (κ3) is 3.70. The molecule has 2 heterocycles. The van der Waals surface area contributed by atoms with E-state index in [1.165, 1.54) is 0 Å². The first-order chi connectivity index (χ1) is 11.3. The summed E-state index contributed by atoms with van der Waals surface area (Å²) in [6.07, 6.45) is -0.00910. The van der Waals surface area contributed by atoms with Crippen LogP contribution in [0.1, 0.15) is 37.6 Å². The largest absolute Gasteiger partial charge is 0.456 e. The zero-order chi connectivity index (χ0) is 17.4. The van der Waals surface area contributed by atoms with E-state index in [0.717, 1.165) is 0 Å². The van der Waals surface area contributed by atoms with Crippen LogP contribution in [0.25, 0.3) is 0 Å². The lowest BCUT2D eigenvalue weighted by Gasteiger charge is -2.46. The third-order valence-electron chi connectivity index (χ3n) is 4.07. The first-order valence-electron chi connectivity index (χ1n) is 8.14. The van der Waals surface area contributed by atoms with Crippen molar-refractivity contribution >= 4 is 12.1 Å². The fourth-order valence-corrected chi connectivity index (χ4v) is 3.00. The lowest BCUT2D eigenvalue weighted by molar-refractivity contribution is -0.109. The van der Waals surface area contributed by atoms with Crippen LogP contribution in [0, 0.1) is 0 Å². The van der Waals surface area contributed by atoms with E-state index in [2.05, 4.69) is 0 Å². The van der Waals surface area contributed by atoms with Crippen LogP contribution in [0.3, 0.4) is 0 Å². The SMILES string of the molecule is CC(C)(C)OC(=O)N1CC2(CC(OC(=O)c3ccccc3)CO2)C1. The molecule has 130 valence electrons. The van der Waals surface area contributed by atoms with E-state index in [1.807, 2.05) is 26.8 Å². The van der Waals surface area contributed by atoms with E-state index in [4.69, 9.17) is 14.2 Å². The van der Waals surface area contributed by atoms with Gasteiger partial charge in [-0.15, -0.1) is 0 Å². The van der Waals surface area contributed by atoms with Crippen molar-refractivity contribution in [1.29, 1.82) is 0 Å². The topological polar surface area (TPSA) is 65.1 Å². The Balaban J connectivity index is 1.49. The lowest BCUT2D eigenvalue weighted by atomic mass is 9.90. The van der Waals surface area contributed by atoms with Gasteiger partial charge in [-0.25, -0.2) is 9.59 Å². The molecule has 3 rings (SSSR count). The summed E-state index contributed by atoms with van der Waals surface area (Å²) in [4.78, 5) is 25.7. The Morgan fingerprint density at radius 3 is 2.50 bits per heavy atom. The molecule has 1 aromatic rings. The van der Waals surface area contributed by atoms with Gasteiger partial charge >= 0.3 is 12.1 Å². The average Bonchev–Trinajstić information content (AvgIpc) is 2.89. The van der Waals surface area contributed by atoms with Crippen molar-refractivity contribution < 1.29 is 23.8 Å². The second kappa shape index (κ2) is 6.09. The number of amides is 1. The fraction of sp³-hybridized carbons (Fsp3) is 0.556. The van der Waals surface area contributed by atoms with Crippen molar-refractivity contribution in [1.82, 2.24) is 4.90 Å². The van der Waals surface area contributed by atoms with E-state index in [-0.39, 0.29) is 18.2 Å². The van der Waals surface area contributed by atoms with Crippen molar-refractivity contribution in [3.8, 4) is 0 Å². The molecular weight excluding hydrogens is 310 g/mol. The molecule has 2 saturated heterocycles. The molecule has 2 aliphatic rings. The monoisotopic (exact) mass is 333 g/mol. The van der Waals surface area contributed by atoms with Crippen LogP contribution in [0.15, 0.2) is 30.3 Å². The minimum atomic E-state index is -0.510. The molecule has 2 aliphatic heterocycles. The first kappa shape index (κ1) is 16.8. The van der Waals surface area contributed by atoms with Crippen LogP contribution < -0.4 is 0 Å². The number of carbonyl (C=O) groups is 2.